The molecule has 0 aliphatic carbocycles. The van der Waals surface area contributed by atoms with Gasteiger partial charge in [-0.25, -0.2) is 4.79 Å². The molecule has 0 bridgehead atoms. The molecule has 1 heterocycles. The number of rotatable bonds is 6. The number of furan rings is 1. The zero-order chi connectivity index (χ0) is 18.2. The number of esters is 1. The van der Waals surface area contributed by atoms with Crippen molar-refractivity contribution in [1.82, 2.24) is 0 Å². The minimum absolute atomic E-state index is 0.0582. The number of hydrogen-bond acceptors (Lipinski definition) is 5. The third-order valence-electron chi connectivity index (χ3n) is 3.36. The SMILES string of the molecule is CCCCOC(=O)c1cc(-c2ccc(C=C(C#N)C#N)o2)ccc1Cl. The lowest BCUT2D eigenvalue weighted by molar-refractivity contribution is 0.0500. The third kappa shape index (κ3) is 4.73. The van der Waals surface area contributed by atoms with Gasteiger partial charge in [-0.05, 0) is 36.8 Å². The lowest BCUT2D eigenvalue weighted by atomic mass is 10.1. The fraction of sp³-hybridized carbons (Fsp3) is 0.211. The van der Waals surface area contributed by atoms with Crippen molar-refractivity contribution in [2.75, 3.05) is 6.61 Å². The Labute approximate surface area is 150 Å². The topological polar surface area (TPSA) is 87.0 Å². The molecular weight excluding hydrogens is 340 g/mol. The van der Waals surface area contributed by atoms with Gasteiger partial charge >= 0.3 is 5.97 Å². The van der Waals surface area contributed by atoms with Crippen LogP contribution < -0.4 is 0 Å². The molecule has 0 atom stereocenters. The van der Waals surface area contributed by atoms with Crippen LogP contribution in [0.25, 0.3) is 17.4 Å². The first-order valence-electron chi connectivity index (χ1n) is 7.67. The Bertz CT molecular complexity index is 869. The van der Waals surface area contributed by atoms with Gasteiger partial charge in [-0.2, -0.15) is 10.5 Å². The quantitative estimate of drug-likeness (QED) is 0.414. The van der Waals surface area contributed by atoms with Crippen molar-refractivity contribution in [2.24, 2.45) is 0 Å². The van der Waals surface area contributed by atoms with Crippen molar-refractivity contribution < 1.29 is 13.9 Å². The smallest absolute Gasteiger partial charge is 0.339 e. The fourth-order valence-corrected chi connectivity index (χ4v) is 2.23. The van der Waals surface area contributed by atoms with E-state index in [1.54, 1.807) is 42.5 Å². The Morgan fingerprint density at radius 2 is 2.04 bits per heavy atom. The van der Waals surface area contributed by atoms with Crippen molar-refractivity contribution >= 4 is 23.6 Å². The number of benzene rings is 1. The van der Waals surface area contributed by atoms with Gasteiger partial charge in [0.05, 0.1) is 17.2 Å². The minimum Gasteiger partial charge on any atom is -0.462 e. The lowest BCUT2D eigenvalue weighted by Crippen LogP contribution is -2.07. The average Bonchev–Trinajstić information content (AvgIpc) is 3.08. The second-order valence-electron chi connectivity index (χ2n) is 5.17. The molecule has 5 nitrogen and oxygen atoms in total. The van der Waals surface area contributed by atoms with Crippen LogP contribution in [-0.4, -0.2) is 12.6 Å². The van der Waals surface area contributed by atoms with Crippen LogP contribution in [0.2, 0.25) is 5.02 Å². The number of allylic oxidation sites excluding steroid dienone is 1. The summed E-state index contributed by atoms with van der Waals surface area (Å²) in [7, 11) is 0. The van der Waals surface area contributed by atoms with Crippen LogP contribution in [0.5, 0.6) is 0 Å². The summed E-state index contributed by atoms with van der Waals surface area (Å²) in [6.45, 7) is 2.35. The van der Waals surface area contributed by atoms with Crippen molar-refractivity contribution in [3.05, 3.63) is 52.3 Å². The molecule has 2 aromatic rings. The summed E-state index contributed by atoms with van der Waals surface area (Å²) in [5, 5.41) is 17.9. The van der Waals surface area contributed by atoms with Crippen LogP contribution >= 0.6 is 11.6 Å². The summed E-state index contributed by atoms with van der Waals surface area (Å²) >= 11 is 6.09. The Balaban J connectivity index is 2.27. The van der Waals surface area contributed by atoms with E-state index in [0.717, 1.165) is 12.8 Å². The van der Waals surface area contributed by atoms with Gasteiger partial charge in [0.1, 0.15) is 29.2 Å². The number of carbonyl (C=O) groups is 1. The first-order valence-corrected chi connectivity index (χ1v) is 8.05. The number of unbranched alkanes of at least 4 members (excludes halogenated alkanes) is 1. The highest BCUT2D eigenvalue weighted by molar-refractivity contribution is 6.33. The monoisotopic (exact) mass is 354 g/mol. The summed E-state index contributed by atoms with van der Waals surface area (Å²) < 4.78 is 10.8. The zero-order valence-electron chi connectivity index (χ0n) is 13.6. The molecular formula is C19H15ClN2O3. The molecule has 0 N–H and O–H groups in total. The second kappa shape index (κ2) is 8.73. The molecule has 25 heavy (non-hydrogen) atoms. The van der Waals surface area contributed by atoms with Gasteiger partial charge in [-0.1, -0.05) is 24.9 Å². The number of hydrogen-bond donors (Lipinski definition) is 0. The third-order valence-corrected chi connectivity index (χ3v) is 3.69. The van der Waals surface area contributed by atoms with Crippen LogP contribution in [0.3, 0.4) is 0 Å². The van der Waals surface area contributed by atoms with Crippen LogP contribution in [0.4, 0.5) is 0 Å². The number of nitriles is 2. The fourth-order valence-electron chi connectivity index (χ4n) is 2.04. The first kappa shape index (κ1) is 18.3. The van der Waals surface area contributed by atoms with Crippen molar-refractivity contribution in [3.63, 3.8) is 0 Å². The van der Waals surface area contributed by atoms with Gasteiger partial charge in [-0.15, -0.1) is 0 Å². The molecule has 1 aromatic carbocycles. The maximum atomic E-state index is 12.1. The molecule has 0 fully saturated rings. The Kier molecular flexibility index (Phi) is 6.39. The van der Waals surface area contributed by atoms with Gasteiger partial charge in [-0.3, -0.25) is 0 Å². The zero-order valence-corrected chi connectivity index (χ0v) is 14.3. The molecule has 0 unspecified atom stereocenters. The lowest BCUT2D eigenvalue weighted by Gasteiger charge is -2.07. The van der Waals surface area contributed by atoms with Crippen LogP contribution in [0.15, 0.2) is 40.3 Å². The average molecular weight is 355 g/mol. The number of ether oxygens (including phenoxy) is 1. The van der Waals surface area contributed by atoms with E-state index in [0.29, 0.717) is 28.7 Å². The van der Waals surface area contributed by atoms with Crippen LogP contribution in [-0.2, 0) is 4.74 Å². The maximum Gasteiger partial charge on any atom is 0.339 e. The molecule has 126 valence electrons. The van der Waals surface area contributed by atoms with Crippen LogP contribution in [0, 0.1) is 22.7 Å². The number of nitrogens with zero attached hydrogens (tertiary/aromatic N) is 2. The Hall–Kier alpha value is -3.02. The molecule has 0 aliphatic heterocycles. The molecule has 0 radical (unpaired) electrons. The van der Waals surface area contributed by atoms with E-state index < -0.39 is 5.97 Å². The van der Waals surface area contributed by atoms with Gasteiger partial charge in [0.15, 0.2) is 0 Å². The number of halogens is 1. The summed E-state index contributed by atoms with van der Waals surface area (Å²) in [6.07, 6.45) is 3.06. The number of carbonyl (C=O) groups excluding carboxylic acids is 1. The van der Waals surface area contributed by atoms with E-state index in [4.69, 9.17) is 31.3 Å². The highest BCUT2D eigenvalue weighted by atomic mass is 35.5. The second-order valence-corrected chi connectivity index (χ2v) is 5.57. The van der Waals surface area contributed by atoms with E-state index in [1.165, 1.54) is 6.08 Å². The molecule has 0 aliphatic rings. The normalized spacial score (nSPS) is 9.76. The first-order chi connectivity index (χ1) is 12.1. The summed E-state index contributed by atoms with van der Waals surface area (Å²) in [4.78, 5) is 12.1. The van der Waals surface area contributed by atoms with Gasteiger partial charge < -0.3 is 9.15 Å². The summed E-state index contributed by atoms with van der Waals surface area (Å²) in [5.41, 5.74) is 0.845. The van der Waals surface area contributed by atoms with Crippen molar-refractivity contribution in [2.45, 2.75) is 19.8 Å². The van der Waals surface area contributed by atoms with E-state index in [-0.39, 0.29) is 11.1 Å². The van der Waals surface area contributed by atoms with Crippen molar-refractivity contribution in [1.29, 1.82) is 10.5 Å². The van der Waals surface area contributed by atoms with E-state index >= 15 is 0 Å². The van der Waals surface area contributed by atoms with Crippen molar-refractivity contribution in [3.8, 4) is 23.5 Å². The molecule has 2 rings (SSSR count). The summed E-state index contributed by atoms with van der Waals surface area (Å²) in [6, 6.07) is 11.8. The van der Waals surface area contributed by atoms with E-state index in [2.05, 4.69) is 0 Å². The predicted octanol–water partition coefficient (Wildman–Crippen LogP) is 4.99. The Morgan fingerprint density at radius 3 is 2.72 bits per heavy atom. The highest BCUT2D eigenvalue weighted by Crippen LogP contribution is 2.28. The van der Waals surface area contributed by atoms with Crippen LogP contribution in [0.1, 0.15) is 35.9 Å². The van der Waals surface area contributed by atoms with E-state index in [9.17, 15) is 4.79 Å². The molecule has 0 amide bonds. The standard InChI is InChI=1S/C19H15ClN2O3/c1-2-3-8-24-19(23)16-10-14(4-6-17(16)20)18-7-5-15(25-18)9-13(11-21)12-22/h4-7,9-10H,2-3,8H2,1H3. The Morgan fingerprint density at radius 1 is 1.28 bits per heavy atom. The predicted molar refractivity (Wildman–Crippen MR) is 93.5 cm³/mol. The van der Waals surface area contributed by atoms with Gasteiger partial charge in [0, 0.05) is 11.6 Å². The van der Waals surface area contributed by atoms with Gasteiger partial charge in [0.2, 0.25) is 0 Å². The summed E-state index contributed by atoms with van der Waals surface area (Å²) in [5.74, 6) is 0.374. The van der Waals surface area contributed by atoms with Gasteiger partial charge in [0.25, 0.3) is 0 Å². The minimum atomic E-state index is -0.483. The molecule has 1 aromatic heterocycles. The largest absolute Gasteiger partial charge is 0.462 e. The highest BCUT2D eigenvalue weighted by Gasteiger charge is 2.14. The maximum absolute atomic E-state index is 12.1. The van der Waals surface area contributed by atoms with E-state index in [1.807, 2.05) is 6.92 Å². The molecule has 0 spiro atoms. The molecule has 0 saturated heterocycles. The molecule has 6 heteroatoms. The molecule has 0 saturated carbocycles.